The molecule has 0 spiro atoms. The van der Waals surface area contributed by atoms with Gasteiger partial charge in [0.25, 0.3) is 0 Å². The Balaban J connectivity index is 1.84. The van der Waals surface area contributed by atoms with E-state index in [2.05, 4.69) is 36.8 Å². The molecule has 1 aromatic rings. The van der Waals surface area contributed by atoms with E-state index in [0.29, 0.717) is 11.9 Å². The molecule has 5 heteroatoms. The van der Waals surface area contributed by atoms with Crippen LogP contribution in [0.5, 0.6) is 0 Å². The average Bonchev–Trinajstić information content (AvgIpc) is 2.76. The summed E-state index contributed by atoms with van der Waals surface area (Å²) in [5.41, 5.74) is 1.13. The fourth-order valence-electron chi connectivity index (χ4n) is 3.26. The number of nitrogens with zero attached hydrogens (tertiary/aromatic N) is 3. The van der Waals surface area contributed by atoms with E-state index in [4.69, 9.17) is 11.6 Å². The zero-order valence-corrected chi connectivity index (χ0v) is 13.3. The number of aromatic nitrogens is 1. The standard InChI is InChI=1S/C14H19BrClN3/c15-12-7-11(8-16)14(17-9-12)19-6-2-5-18-4-1-3-13(18)10-19/h7,9,13H,1-6,8,10H2. The minimum Gasteiger partial charge on any atom is -0.355 e. The second-order valence-electron chi connectivity index (χ2n) is 5.40. The van der Waals surface area contributed by atoms with Gasteiger partial charge in [-0.1, -0.05) is 0 Å². The van der Waals surface area contributed by atoms with Crippen molar-refractivity contribution in [3.8, 4) is 0 Å². The van der Waals surface area contributed by atoms with Crippen LogP contribution in [0.3, 0.4) is 0 Å². The Labute approximate surface area is 128 Å². The highest BCUT2D eigenvalue weighted by molar-refractivity contribution is 9.10. The highest BCUT2D eigenvalue weighted by Crippen LogP contribution is 2.28. The Morgan fingerprint density at radius 1 is 1.32 bits per heavy atom. The third-order valence-electron chi connectivity index (χ3n) is 4.16. The third kappa shape index (κ3) is 2.91. The van der Waals surface area contributed by atoms with Gasteiger partial charge in [-0.3, -0.25) is 4.90 Å². The fourth-order valence-corrected chi connectivity index (χ4v) is 3.83. The topological polar surface area (TPSA) is 19.4 Å². The Kier molecular flexibility index (Phi) is 4.30. The van der Waals surface area contributed by atoms with Gasteiger partial charge in [0.05, 0.1) is 5.88 Å². The highest BCUT2D eigenvalue weighted by Gasteiger charge is 2.29. The molecule has 2 saturated heterocycles. The van der Waals surface area contributed by atoms with Crippen molar-refractivity contribution in [3.05, 3.63) is 22.3 Å². The summed E-state index contributed by atoms with van der Waals surface area (Å²) in [5.74, 6) is 1.60. The molecular formula is C14H19BrClN3. The summed E-state index contributed by atoms with van der Waals surface area (Å²) in [5, 5.41) is 0. The second kappa shape index (κ2) is 5.98. The summed E-state index contributed by atoms with van der Waals surface area (Å²) in [6.07, 6.45) is 5.76. The van der Waals surface area contributed by atoms with Crippen molar-refractivity contribution in [2.45, 2.75) is 31.2 Å². The van der Waals surface area contributed by atoms with Crippen LogP contribution in [0.4, 0.5) is 5.82 Å². The lowest BCUT2D eigenvalue weighted by Crippen LogP contribution is -2.37. The second-order valence-corrected chi connectivity index (χ2v) is 6.58. The van der Waals surface area contributed by atoms with E-state index in [1.807, 2.05) is 6.20 Å². The van der Waals surface area contributed by atoms with E-state index in [9.17, 15) is 0 Å². The Morgan fingerprint density at radius 3 is 3.00 bits per heavy atom. The summed E-state index contributed by atoms with van der Waals surface area (Å²) >= 11 is 9.55. The lowest BCUT2D eigenvalue weighted by Gasteiger charge is -2.27. The number of alkyl halides is 1. The number of fused-ring (bicyclic) bond motifs is 1. The third-order valence-corrected chi connectivity index (χ3v) is 4.88. The minimum absolute atomic E-state index is 0.520. The summed E-state index contributed by atoms with van der Waals surface area (Å²) in [4.78, 5) is 9.67. The number of rotatable bonds is 2. The predicted molar refractivity (Wildman–Crippen MR) is 82.9 cm³/mol. The maximum absolute atomic E-state index is 6.08. The van der Waals surface area contributed by atoms with E-state index >= 15 is 0 Å². The number of halogens is 2. The number of anilines is 1. The van der Waals surface area contributed by atoms with Crippen LogP contribution in [0.15, 0.2) is 16.7 Å². The first-order valence-electron chi connectivity index (χ1n) is 6.97. The van der Waals surface area contributed by atoms with Crippen LogP contribution in [0, 0.1) is 0 Å². The fraction of sp³-hybridized carbons (Fsp3) is 0.643. The summed E-state index contributed by atoms with van der Waals surface area (Å²) < 4.78 is 1.00. The molecule has 0 N–H and O–H groups in total. The molecule has 0 saturated carbocycles. The van der Waals surface area contributed by atoms with Gasteiger partial charge in [0.1, 0.15) is 5.82 Å². The molecule has 0 aromatic carbocycles. The number of hydrogen-bond donors (Lipinski definition) is 0. The van der Waals surface area contributed by atoms with Gasteiger partial charge in [0.15, 0.2) is 0 Å². The molecule has 2 aliphatic heterocycles. The van der Waals surface area contributed by atoms with E-state index < -0.39 is 0 Å². The normalized spacial score (nSPS) is 24.3. The van der Waals surface area contributed by atoms with Gasteiger partial charge >= 0.3 is 0 Å². The van der Waals surface area contributed by atoms with Crippen molar-refractivity contribution in [1.82, 2.24) is 9.88 Å². The van der Waals surface area contributed by atoms with Crippen LogP contribution >= 0.6 is 27.5 Å². The molecule has 1 aromatic heterocycles. The molecule has 0 aliphatic carbocycles. The Morgan fingerprint density at radius 2 is 2.16 bits per heavy atom. The number of hydrogen-bond acceptors (Lipinski definition) is 3. The molecule has 3 nitrogen and oxygen atoms in total. The van der Waals surface area contributed by atoms with Crippen LogP contribution in [-0.4, -0.2) is 42.1 Å². The SMILES string of the molecule is ClCc1cc(Br)cnc1N1CCCN2CCCC2C1. The monoisotopic (exact) mass is 343 g/mol. The molecule has 3 rings (SSSR count). The predicted octanol–water partition coefficient (Wildman–Crippen LogP) is 3.26. The van der Waals surface area contributed by atoms with Crippen molar-refractivity contribution in [3.63, 3.8) is 0 Å². The van der Waals surface area contributed by atoms with E-state index in [0.717, 1.165) is 28.9 Å². The molecule has 0 amide bonds. The van der Waals surface area contributed by atoms with E-state index in [1.54, 1.807) is 0 Å². The minimum atomic E-state index is 0.520. The first-order chi connectivity index (χ1) is 9.28. The molecule has 2 fully saturated rings. The van der Waals surface area contributed by atoms with Crippen molar-refractivity contribution < 1.29 is 0 Å². The lowest BCUT2D eigenvalue weighted by molar-refractivity contribution is 0.273. The van der Waals surface area contributed by atoms with Gasteiger partial charge in [-0.05, 0) is 47.8 Å². The Hall–Kier alpha value is -0.320. The molecule has 19 heavy (non-hydrogen) atoms. The Bertz CT molecular complexity index is 454. The van der Waals surface area contributed by atoms with Crippen molar-refractivity contribution in [2.24, 2.45) is 0 Å². The summed E-state index contributed by atoms with van der Waals surface area (Å²) in [6, 6.07) is 2.79. The molecule has 2 aliphatic rings. The van der Waals surface area contributed by atoms with Gasteiger partial charge < -0.3 is 4.90 Å². The molecule has 0 bridgehead atoms. The molecular weight excluding hydrogens is 326 g/mol. The van der Waals surface area contributed by atoms with Crippen LogP contribution < -0.4 is 4.90 Å². The molecule has 3 heterocycles. The molecule has 1 unspecified atom stereocenters. The maximum atomic E-state index is 6.08. The molecule has 1 atom stereocenters. The van der Waals surface area contributed by atoms with Crippen molar-refractivity contribution in [2.75, 3.05) is 31.1 Å². The number of pyridine rings is 1. The smallest absolute Gasteiger partial charge is 0.133 e. The van der Waals surface area contributed by atoms with Crippen molar-refractivity contribution >= 4 is 33.3 Å². The zero-order chi connectivity index (χ0) is 13.2. The van der Waals surface area contributed by atoms with Gasteiger partial charge in [-0.25, -0.2) is 4.98 Å². The first kappa shape index (κ1) is 13.7. The first-order valence-corrected chi connectivity index (χ1v) is 8.30. The quantitative estimate of drug-likeness (QED) is 0.768. The van der Waals surface area contributed by atoms with Crippen LogP contribution in [0.2, 0.25) is 0 Å². The lowest BCUT2D eigenvalue weighted by atomic mass is 10.2. The molecule has 104 valence electrons. The largest absolute Gasteiger partial charge is 0.355 e. The van der Waals surface area contributed by atoms with Gasteiger partial charge in [-0.15, -0.1) is 11.6 Å². The average molecular weight is 345 g/mol. The molecule has 0 radical (unpaired) electrons. The zero-order valence-electron chi connectivity index (χ0n) is 11.0. The van der Waals surface area contributed by atoms with Crippen LogP contribution in [0.1, 0.15) is 24.8 Å². The van der Waals surface area contributed by atoms with Crippen LogP contribution in [-0.2, 0) is 5.88 Å². The van der Waals surface area contributed by atoms with Gasteiger partial charge in [0, 0.05) is 41.9 Å². The summed E-state index contributed by atoms with van der Waals surface area (Å²) in [6.45, 7) is 4.69. The highest BCUT2D eigenvalue weighted by atomic mass is 79.9. The summed E-state index contributed by atoms with van der Waals surface area (Å²) in [7, 11) is 0. The van der Waals surface area contributed by atoms with E-state index in [-0.39, 0.29) is 0 Å². The van der Waals surface area contributed by atoms with Crippen molar-refractivity contribution in [1.29, 1.82) is 0 Å². The maximum Gasteiger partial charge on any atom is 0.133 e. The van der Waals surface area contributed by atoms with Gasteiger partial charge in [0.2, 0.25) is 0 Å². The van der Waals surface area contributed by atoms with Gasteiger partial charge in [-0.2, -0.15) is 0 Å². The van der Waals surface area contributed by atoms with Crippen LogP contribution in [0.25, 0.3) is 0 Å². The van der Waals surface area contributed by atoms with E-state index in [1.165, 1.54) is 32.4 Å².